The number of thiophene rings is 1. The number of primary amides is 1. The van der Waals surface area contributed by atoms with E-state index in [4.69, 9.17) is 32.5 Å². The number of hydrogen-bond donors (Lipinski definition) is 4. The highest BCUT2D eigenvalue weighted by Crippen LogP contribution is 2.37. The van der Waals surface area contributed by atoms with E-state index in [2.05, 4.69) is 103 Å². The molecule has 1 fully saturated rings. The number of piperidine rings is 1. The second-order valence-electron chi connectivity index (χ2n) is 20.7. The van der Waals surface area contributed by atoms with Crippen LogP contribution in [0.25, 0.3) is 16.0 Å². The zero-order valence-electron chi connectivity index (χ0n) is 50.7. The monoisotopic (exact) mass is 1150 g/mol. The number of halogens is 1. The third kappa shape index (κ3) is 20.0. The molecule has 6 N–H and O–H groups in total. The molecule has 1 atom stereocenters. The number of aliphatic hydroxyl groups is 1. The van der Waals surface area contributed by atoms with Gasteiger partial charge in [0.15, 0.2) is 17.2 Å². The van der Waals surface area contributed by atoms with Crippen molar-refractivity contribution >= 4 is 75.3 Å². The summed E-state index contributed by atoms with van der Waals surface area (Å²) in [7, 11) is 5.45. The van der Waals surface area contributed by atoms with E-state index in [1.165, 1.54) is 39.7 Å². The minimum Gasteiger partial charge on any atom is -0.396 e. The Labute approximate surface area is 489 Å². The van der Waals surface area contributed by atoms with Gasteiger partial charge in [-0.3, -0.25) is 28.7 Å². The number of hydrogen-bond acceptors (Lipinski definition) is 14. The Morgan fingerprint density at radius 1 is 0.938 bits per heavy atom. The van der Waals surface area contributed by atoms with Crippen LogP contribution < -0.4 is 16.8 Å². The number of aliphatic imine (C=N–C) groups is 1. The molecule has 0 bridgehead atoms. The fourth-order valence-electron chi connectivity index (χ4n) is 8.50. The molecule has 19 nitrogen and oxygen atoms in total. The number of aryl methyl sites for hydroxylation is 3. The number of aliphatic hydroxyl groups excluding tert-OH is 1. The number of fused-ring (bicyclic) bond motifs is 4. The maximum absolute atomic E-state index is 13.5. The van der Waals surface area contributed by atoms with Gasteiger partial charge in [-0.15, -0.1) is 21.5 Å². The summed E-state index contributed by atoms with van der Waals surface area (Å²) < 4.78 is 3.88. The maximum atomic E-state index is 13.5. The molecule has 0 spiro atoms. The number of benzene rings is 2. The first-order valence-corrected chi connectivity index (χ1v) is 29.0. The molecule has 442 valence electrons. The summed E-state index contributed by atoms with van der Waals surface area (Å²) in [5.41, 5.74) is 20.1. The van der Waals surface area contributed by atoms with E-state index in [0.717, 1.165) is 101 Å². The normalized spacial score (nSPS) is 13.4. The van der Waals surface area contributed by atoms with Crippen LogP contribution in [0.2, 0.25) is 5.02 Å². The summed E-state index contributed by atoms with van der Waals surface area (Å²) in [5.74, 6) is 2.57. The second-order valence-corrected chi connectivity index (χ2v) is 22.4. The van der Waals surface area contributed by atoms with Crippen molar-refractivity contribution in [3.63, 3.8) is 0 Å². The largest absolute Gasteiger partial charge is 0.396 e. The highest BCUT2D eigenvalue weighted by molar-refractivity contribution is 7.15. The third-order valence-corrected chi connectivity index (χ3v) is 14.6. The molecular weight excluding hydrogens is 1060 g/mol. The van der Waals surface area contributed by atoms with Gasteiger partial charge >= 0.3 is 0 Å². The molecule has 1 saturated heterocycles. The molecule has 8 rings (SSSR count). The van der Waals surface area contributed by atoms with E-state index in [1.807, 2.05) is 75.1 Å². The molecular formula is C60H89ClN14O5S. The molecule has 1 unspecified atom stereocenters. The van der Waals surface area contributed by atoms with Crippen LogP contribution in [0, 0.1) is 46.5 Å². The van der Waals surface area contributed by atoms with E-state index in [-0.39, 0.29) is 35.3 Å². The minimum absolute atomic E-state index is 0.0168. The zero-order chi connectivity index (χ0) is 60.7. The number of rotatable bonds is 14. The Morgan fingerprint density at radius 3 is 2.16 bits per heavy atom. The van der Waals surface area contributed by atoms with Crippen molar-refractivity contribution in [2.75, 3.05) is 65.0 Å². The number of anilines is 2. The summed E-state index contributed by atoms with van der Waals surface area (Å²) in [6.45, 7) is 30.1. The number of nitrogens with zero attached hydrogens (tertiary/aromatic N) is 11. The molecule has 2 aromatic carbocycles. The summed E-state index contributed by atoms with van der Waals surface area (Å²) in [4.78, 5) is 65.5. The van der Waals surface area contributed by atoms with Crippen molar-refractivity contribution in [2.24, 2.45) is 22.6 Å². The molecule has 0 aliphatic carbocycles. The quantitative estimate of drug-likeness (QED) is 0.0588. The number of nitrogens with two attached hydrogens (primary N) is 2. The van der Waals surface area contributed by atoms with E-state index in [9.17, 15) is 19.2 Å². The van der Waals surface area contributed by atoms with Crippen molar-refractivity contribution < 1.29 is 24.3 Å². The zero-order valence-corrected chi connectivity index (χ0v) is 52.3. The van der Waals surface area contributed by atoms with Gasteiger partial charge in [0.2, 0.25) is 18.2 Å². The van der Waals surface area contributed by atoms with Gasteiger partial charge in [-0.2, -0.15) is 5.10 Å². The summed E-state index contributed by atoms with van der Waals surface area (Å²) in [5, 5.41) is 26.8. The number of carbonyl (C=O) groups is 4. The van der Waals surface area contributed by atoms with Gasteiger partial charge in [0.25, 0.3) is 5.91 Å². The van der Waals surface area contributed by atoms with Crippen LogP contribution in [0.1, 0.15) is 148 Å². The molecule has 6 aromatic rings. The second kappa shape index (κ2) is 33.8. The topological polar surface area (TPSA) is 249 Å². The number of carbonyl (C=O) groups excluding carboxylic acids is 4. The molecule has 2 aliphatic heterocycles. The van der Waals surface area contributed by atoms with Crippen molar-refractivity contribution in [1.29, 1.82) is 0 Å². The SMILES string of the molecule is CC.CC(C)CCO.CC(N)=O.CCc1ccc(NC(=O)c2nn(C3CCCN(C(=O)/C=C/CN(C)CCC(C)C)C3)c3ncnc(N)c23)c(C)c1C.CN(C)C=O.Cc1sc2c(c1C)C(c1ccc(Cl)cc1)=NCc1nnc(C)n1-2. The van der Waals surface area contributed by atoms with Gasteiger partial charge in [0.05, 0.1) is 17.1 Å². The summed E-state index contributed by atoms with van der Waals surface area (Å²) in [6, 6.07) is 11.7. The van der Waals surface area contributed by atoms with Gasteiger partial charge in [-0.05, 0) is 133 Å². The average Bonchev–Trinajstić information content (AvgIpc) is 4.16. The lowest BCUT2D eigenvalue weighted by Gasteiger charge is -2.32. The Morgan fingerprint density at radius 2 is 1.58 bits per heavy atom. The molecule has 0 saturated carbocycles. The fourth-order valence-corrected chi connectivity index (χ4v) is 9.85. The lowest BCUT2D eigenvalue weighted by atomic mass is 10.00. The van der Waals surface area contributed by atoms with Crippen LogP contribution in [0.4, 0.5) is 11.5 Å². The van der Waals surface area contributed by atoms with E-state index < -0.39 is 0 Å². The number of nitrogen functional groups attached to an aromatic ring is 1. The van der Waals surface area contributed by atoms with Crippen LogP contribution in [0.15, 0.2) is 59.9 Å². The van der Waals surface area contributed by atoms with Crippen LogP contribution in [0.5, 0.6) is 0 Å². The lowest BCUT2D eigenvalue weighted by molar-refractivity contribution is -0.127. The lowest BCUT2D eigenvalue weighted by Crippen LogP contribution is -2.40. The number of likely N-dealkylation sites (tertiary alicyclic amines) is 1. The van der Waals surface area contributed by atoms with Gasteiger partial charge in [-0.25, -0.2) is 14.6 Å². The highest BCUT2D eigenvalue weighted by Gasteiger charge is 2.30. The van der Waals surface area contributed by atoms with Crippen LogP contribution in [0.3, 0.4) is 0 Å². The third-order valence-electron chi connectivity index (χ3n) is 13.2. The predicted molar refractivity (Wildman–Crippen MR) is 331 cm³/mol. The number of nitrogens with one attached hydrogen (secondary N) is 1. The first-order chi connectivity index (χ1) is 38.4. The van der Waals surface area contributed by atoms with Gasteiger partial charge in [-0.1, -0.05) is 84.3 Å². The Bertz CT molecular complexity index is 3050. The van der Waals surface area contributed by atoms with Gasteiger partial charge in [0.1, 0.15) is 29.5 Å². The van der Waals surface area contributed by atoms with Crippen molar-refractivity contribution in [3.05, 3.63) is 116 Å². The van der Waals surface area contributed by atoms with Crippen LogP contribution in [-0.2, 0) is 27.3 Å². The van der Waals surface area contributed by atoms with Crippen LogP contribution >= 0.6 is 22.9 Å². The smallest absolute Gasteiger partial charge is 0.277 e. The molecule has 81 heavy (non-hydrogen) atoms. The molecule has 21 heteroatoms. The predicted octanol–water partition coefficient (Wildman–Crippen LogP) is 10.0. The highest BCUT2D eigenvalue weighted by atomic mass is 35.5. The molecule has 4 aromatic heterocycles. The standard InChI is InChI=1S/C31H44N8O2.C17H15ClN4S.C5H12O.C3H7NO.C2H5NO.C2H6/c1-7-23-12-13-25(22(5)21(23)4)35-31(41)28-27-29(32)33-19-34-30(27)39(36-28)24-10-8-16-38(18-24)26(40)11-9-15-37(6)17-14-20(2)3;1-9-10(2)23-17-15(9)16(12-4-6-13(18)7-5-12)19-8-14-21-20-11(3)22(14)17;1-5(2)3-4-6;1-4(2)3-5;1-2(3)4;1-2/h9,11-13,19-20,24H,7-8,10,14-18H2,1-6H3,(H,35,41)(H2,32,33,34);4-7H,8H2,1-3H3;5-6H,3-4H2,1-2H3;3H,1-2H3;1H3,(H2,3,4);1-2H3/b11-9+;;;;;. The van der Waals surface area contributed by atoms with Crippen molar-refractivity contribution in [2.45, 2.75) is 135 Å². The average molecular weight is 1150 g/mol. The molecule has 0 radical (unpaired) electrons. The molecule has 2 aliphatic rings. The van der Waals surface area contributed by atoms with Gasteiger partial charge in [0, 0.05) is 80.1 Å². The Hall–Kier alpha value is -6.87. The summed E-state index contributed by atoms with van der Waals surface area (Å²) >= 11 is 7.80. The fraction of sp³-hybridized carbons (Fsp3) is 0.500. The molecule has 6 heterocycles. The van der Waals surface area contributed by atoms with E-state index in [0.29, 0.717) is 49.1 Å². The number of aromatic nitrogens is 7. The van der Waals surface area contributed by atoms with Gasteiger partial charge < -0.3 is 36.6 Å². The number of amides is 4. The Balaban J connectivity index is 0.000000357. The first-order valence-electron chi connectivity index (χ1n) is 27.8. The van der Waals surface area contributed by atoms with Crippen molar-refractivity contribution in [1.82, 2.24) is 49.2 Å². The van der Waals surface area contributed by atoms with E-state index >= 15 is 0 Å². The van der Waals surface area contributed by atoms with Crippen LogP contribution in [-0.4, -0.2) is 138 Å². The molecule has 4 amide bonds. The maximum Gasteiger partial charge on any atom is 0.277 e. The summed E-state index contributed by atoms with van der Waals surface area (Å²) in [6.07, 6.45) is 10.4. The van der Waals surface area contributed by atoms with Crippen molar-refractivity contribution in [3.8, 4) is 5.00 Å². The number of likely N-dealkylation sites (N-methyl/N-ethyl adjacent to an activating group) is 1. The first kappa shape index (κ1) is 68.4. The minimum atomic E-state index is -0.365. The van der Waals surface area contributed by atoms with E-state index in [1.54, 1.807) is 36.2 Å². The Kier molecular flexibility index (Phi) is 28.5.